The number of nitrogens with zero attached hydrogens (tertiary/aromatic N) is 3. The van der Waals surface area contributed by atoms with Crippen molar-refractivity contribution >= 4 is 31.5 Å². The smallest absolute Gasteiger partial charge is 0.160 e. The van der Waals surface area contributed by atoms with Crippen LogP contribution in [0.4, 0.5) is 0 Å². The fraction of sp³-hybridized carbons (Fsp3) is 0. The van der Waals surface area contributed by atoms with Crippen molar-refractivity contribution in [1.29, 1.82) is 0 Å². The molecule has 3 heterocycles. The van der Waals surface area contributed by atoms with Gasteiger partial charge in [-0.25, -0.2) is 9.97 Å². The normalized spacial score (nSPS) is 11.3. The van der Waals surface area contributed by atoms with E-state index in [2.05, 4.69) is 145 Å². The minimum Gasteiger partial charge on any atom is -0.264 e. The Balaban J connectivity index is 1.28. The van der Waals surface area contributed by atoms with Gasteiger partial charge in [0, 0.05) is 54.8 Å². The molecule has 9 aromatic rings. The van der Waals surface area contributed by atoms with E-state index in [1.165, 1.54) is 25.7 Å². The minimum atomic E-state index is 0.692. The van der Waals surface area contributed by atoms with Gasteiger partial charge in [0.15, 0.2) is 5.82 Å². The minimum absolute atomic E-state index is 0.692. The molecular weight excluding hydrogens is 615 g/mol. The highest BCUT2D eigenvalue weighted by Gasteiger charge is 2.16. The molecule has 4 heteroatoms. The van der Waals surface area contributed by atoms with Crippen LogP contribution in [0, 0.1) is 0 Å². The average molecular weight is 644 g/mol. The molecule has 0 saturated heterocycles. The van der Waals surface area contributed by atoms with E-state index in [-0.39, 0.29) is 0 Å². The third-order valence-corrected chi connectivity index (χ3v) is 10.1. The summed E-state index contributed by atoms with van der Waals surface area (Å²) in [5.41, 5.74) is 11.6. The Morgan fingerprint density at radius 3 is 1.82 bits per heavy atom. The van der Waals surface area contributed by atoms with E-state index < -0.39 is 0 Å². The standard InChI is InChI=1S/C45H29N3S/c1-3-12-30(13-4-1)35-25-36(38-20-10-22-43-44(38)39-19-7-8-21-42(39)49-43)27-37(26-35)41-28-40(47-45(48-41)31-14-5-2-6-15-31)33-17-9-16-32(24-33)34-18-11-23-46-29-34/h1-29H. The first-order valence-corrected chi connectivity index (χ1v) is 17.2. The van der Waals surface area contributed by atoms with Gasteiger partial charge in [-0.1, -0.05) is 115 Å². The molecule has 0 fully saturated rings. The van der Waals surface area contributed by atoms with Crippen LogP contribution in [0.5, 0.6) is 0 Å². The van der Waals surface area contributed by atoms with Crippen LogP contribution in [0.2, 0.25) is 0 Å². The monoisotopic (exact) mass is 643 g/mol. The fourth-order valence-corrected chi connectivity index (χ4v) is 7.73. The maximum Gasteiger partial charge on any atom is 0.160 e. The summed E-state index contributed by atoms with van der Waals surface area (Å²) in [6, 6.07) is 57.8. The highest BCUT2D eigenvalue weighted by Crippen LogP contribution is 2.42. The summed E-state index contributed by atoms with van der Waals surface area (Å²) >= 11 is 1.85. The van der Waals surface area contributed by atoms with Gasteiger partial charge >= 0.3 is 0 Å². The van der Waals surface area contributed by atoms with Crippen molar-refractivity contribution in [3.8, 4) is 67.3 Å². The third kappa shape index (κ3) is 5.58. The van der Waals surface area contributed by atoms with E-state index in [0.29, 0.717) is 5.82 Å². The van der Waals surface area contributed by atoms with Crippen molar-refractivity contribution < 1.29 is 0 Å². The van der Waals surface area contributed by atoms with Crippen LogP contribution in [-0.2, 0) is 0 Å². The molecule has 3 aromatic heterocycles. The number of thiophene rings is 1. The summed E-state index contributed by atoms with van der Waals surface area (Å²) in [7, 11) is 0. The molecule has 49 heavy (non-hydrogen) atoms. The lowest BCUT2D eigenvalue weighted by atomic mass is 9.92. The van der Waals surface area contributed by atoms with E-state index in [0.717, 1.165) is 55.9 Å². The number of pyridine rings is 1. The molecule has 0 atom stereocenters. The number of benzene rings is 6. The summed E-state index contributed by atoms with van der Waals surface area (Å²) in [5, 5.41) is 2.58. The molecule has 9 rings (SSSR count). The molecule has 0 aliphatic heterocycles. The van der Waals surface area contributed by atoms with Gasteiger partial charge in [0.1, 0.15) is 0 Å². The second kappa shape index (κ2) is 12.4. The lowest BCUT2D eigenvalue weighted by molar-refractivity contribution is 1.18. The zero-order chi connectivity index (χ0) is 32.6. The van der Waals surface area contributed by atoms with Gasteiger partial charge in [-0.05, 0) is 76.3 Å². The van der Waals surface area contributed by atoms with Gasteiger partial charge in [0.25, 0.3) is 0 Å². The largest absolute Gasteiger partial charge is 0.264 e. The number of hydrogen-bond acceptors (Lipinski definition) is 4. The SMILES string of the molecule is c1ccc(-c2cc(-c3cc(-c4cccc(-c5cccnc5)c4)nc(-c4ccccc4)n3)cc(-c3cccc4sc5ccccc5c34)c2)cc1. The average Bonchev–Trinajstić information content (AvgIpc) is 3.58. The van der Waals surface area contributed by atoms with E-state index in [1.807, 2.05) is 41.8 Å². The number of rotatable bonds is 6. The molecule has 6 aromatic carbocycles. The summed E-state index contributed by atoms with van der Waals surface area (Å²) in [4.78, 5) is 14.7. The highest BCUT2D eigenvalue weighted by atomic mass is 32.1. The van der Waals surface area contributed by atoms with Crippen LogP contribution in [0.3, 0.4) is 0 Å². The number of hydrogen-bond donors (Lipinski definition) is 0. The second-order valence-corrected chi connectivity index (χ2v) is 13.2. The van der Waals surface area contributed by atoms with Gasteiger partial charge in [-0.3, -0.25) is 4.98 Å². The predicted octanol–water partition coefficient (Wildman–Crippen LogP) is 12.2. The van der Waals surface area contributed by atoms with Crippen LogP contribution in [0.25, 0.3) is 87.5 Å². The summed E-state index contributed by atoms with van der Waals surface area (Å²) in [5.74, 6) is 0.692. The Kier molecular flexibility index (Phi) is 7.34. The summed E-state index contributed by atoms with van der Waals surface area (Å²) in [6.45, 7) is 0. The van der Waals surface area contributed by atoms with Crippen LogP contribution in [-0.4, -0.2) is 15.0 Å². The van der Waals surface area contributed by atoms with Crippen molar-refractivity contribution in [3.63, 3.8) is 0 Å². The van der Waals surface area contributed by atoms with E-state index >= 15 is 0 Å². The quantitative estimate of drug-likeness (QED) is 0.181. The van der Waals surface area contributed by atoms with Crippen molar-refractivity contribution in [2.24, 2.45) is 0 Å². The van der Waals surface area contributed by atoms with Gasteiger partial charge in [0.2, 0.25) is 0 Å². The Morgan fingerprint density at radius 2 is 1.00 bits per heavy atom. The molecule has 0 aliphatic carbocycles. The summed E-state index contributed by atoms with van der Waals surface area (Å²) < 4.78 is 2.58. The molecule has 3 nitrogen and oxygen atoms in total. The molecule has 0 amide bonds. The van der Waals surface area contributed by atoms with Gasteiger partial charge < -0.3 is 0 Å². The van der Waals surface area contributed by atoms with E-state index in [1.54, 1.807) is 6.20 Å². The molecule has 0 spiro atoms. The number of fused-ring (bicyclic) bond motifs is 3. The topological polar surface area (TPSA) is 38.7 Å². The molecule has 0 N–H and O–H groups in total. The van der Waals surface area contributed by atoms with Crippen LogP contribution in [0.1, 0.15) is 0 Å². The van der Waals surface area contributed by atoms with Crippen LogP contribution in [0.15, 0.2) is 176 Å². The van der Waals surface area contributed by atoms with Crippen LogP contribution >= 0.6 is 11.3 Å². The fourth-order valence-electron chi connectivity index (χ4n) is 6.59. The second-order valence-electron chi connectivity index (χ2n) is 12.1. The predicted molar refractivity (Wildman–Crippen MR) is 205 cm³/mol. The van der Waals surface area contributed by atoms with Crippen molar-refractivity contribution in [2.75, 3.05) is 0 Å². The van der Waals surface area contributed by atoms with Crippen molar-refractivity contribution in [1.82, 2.24) is 15.0 Å². The third-order valence-electron chi connectivity index (χ3n) is 8.96. The molecular formula is C45H29N3S. The van der Waals surface area contributed by atoms with E-state index in [4.69, 9.17) is 9.97 Å². The van der Waals surface area contributed by atoms with E-state index in [9.17, 15) is 0 Å². The molecule has 0 bridgehead atoms. The molecule has 230 valence electrons. The zero-order valence-electron chi connectivity index (χ0n) is 26.5. The van der Waals surface area contributed by atoms with Gasteiger partial charge in [-0.2, -0.15) is 0 Å². The maximum absolute atomic E-state index is 5.23. The first kappa shape index (κ1) is 29.0. The number of aromatic nitrogens is 3. The Bertz CT molecular complexity index is 2590. The molecule has 0 saturated carbocycles. The molecule has 0 aliphatic rings. The lowest BCUT2D eigenvalue weighted by Crippen LogP contribution is -1.97. The van der Waals surface area contributed by atoms with Crippen molar-refractivity contribution in [3.05, 3.63) is 176 Å². The lowest BCUT2D eigenvalue weighted by Gasteiger charge is -2.14. The zero-order valence-corrected chi connectivity index (χ0v) is 27.3. The Labute approximate surface area is 288 Å². The highest BCUT2D eigenvalue weighted by molar-refractivity contribution is 7.25. The Morgan fingerprint density at radius 1 is 0.388 bits per heavy atom. The molecule has 0 unspecified atom stereocenters. The van der Waals surface area contributed by atoms with Gasteiger partial charge in [-0.15, -0.1) is 11.3 Å². The van der Waals surface area contributed by atoms with Crippen LogP contribution < -0.4 is 0 Å². The van der Waals surface area contributed by atoms with Crippen molar-refractivity contribution in [2.45, 2.75) is 0 Å². The maximum atomic E-state index is 5.23. The Hall–Kier alpha value is -6.23. The molecule has 0 radical (unpaired) electrons. The van der Waals surface area contributed by atoms with Gasteiger partial charge in [0.05, 0.1) is 11.4 Å². The first-order chi connectivity index (χ1) is 24.3. The first-order valence-electron chi connectivity index (χ1n) is 16.3. The summed E-state index contributed by atoms with van der Waals surface area (Å²) in [6.07, 6.45) is 3.70.